The van der Waals surface area contributed by atoms with E-state index in [0.29, 0.717) is 17.3 Å². The lowest BCUT2D eigenvalue weighted by molar-refractivity contribution is 0.506. The van der Waals surface area contributed by atoms with Gasteiger partial charge in [-0.2, -0.15) is 0 Å². The molecular weight excluding hydrogens is 218 g/mol. The van der Waals surface area contributed by atoms with Gasteiger partial charge in [-0.15, -0.1) is 12.6 Å². The van der Waals surface area contributed by atoms with Crippen LogP contribution in [0.1, 0.15) is 5.56 Å². The van der Waals surface area contributed by atoms with E-state index in [4.69, 9.17) is 0 Å². The van der Waals surface area contributed by atoms with Crippen LogP contribution in [-0.4, -0.2) is 9.55 Å². The van der Waals surface area contributed by atoms with Crippen molar-refractivity contribution in [2.75, 3.05) is 0 Å². The van der Waals surface area contributed by atoms with Crippen LogP contribution in [0.4, 0.5) is 8.78 Å². The topological polar surface area (TPSA) is 17.8 Å². The molecule has 0 saturated heterocycles. The number of aromatic nitrogens is 2. The number of hydrogen-bond acceptors (Lipinski definition) is 2. The van der Waals surface area contributed by atoms with Crippen molar-refractivity contribution in [3.63, 3.8) is 0 Å². The number of thiol groups is 1. The Balaban J connectivity index is 2.25. The fourth-order valence-corrected chi connectivity index (χ4v) is 1.48. The summed E-state index contributed by atoms with van der Waals surface area (Å²) in [6, 6.07) is 3.81. The van der Waals surface area contributed by atoms with Crippen LogP contribution in [0.25, 0.3) is 0 Å². The molecule has 0 amide bonds. The number of halogens is 2. The predicted octanol–water partition coefficient (Wildman–Crippen LogP) is 2.50. The minimum absolute atomic E-state index is 0.427. The zero-order chi connectivity index (χ0) is 10.8. The first-order valence-corrected chi connectivity index (χ1v) is 4.75. The molecule has 5 heteroatoms. The molecule has 1 aromatic heterocycles. The third kappa shape index (κ3) is 2.18. The van der Waals surface area contributed by atoms with Crippen molar-refractivity contribution in [3.8, 4) is 0 Å². The average Bonchev–Trinajstić information content (AvgIpc) is 2.59. The minimum atomic E-state index is -0.840. The van der Waals surface area contributed by atoms with Crippen molar-refractivity contribution < 1.29 is 8.78 Å². The van der Waals surface area contributed by atoms with Crippen molar-refractivity contribution in [2.24, 2.45) is 0 Å². The van der Waals surface area contributed by atoms with Gasteiger partial charge in [-0.3, -0.25) is 0 Å². The smallest absolute Gasteiger partial charge is 0.165 e. The number of benzene rings is 1. The second kappa shape index (κ2) is 4.02. The molecule has 15 heavy (non-hydrogen) atoms. The Morgan fingerprint density at radius 2 is 2.07 bits per heavy atom. The lowest BCUT2D eigenvalue weighted by Crippen LogP contribution is -2.00. The Labute approximate surface area is 91.0 Å². The summed E-state index contributed by atoms with van der Waals surface area (Å²) in [5.74, 6) is -1.68. The van der Waals surface area contributed by atoms with Crippen molar-refractivity contribution in [1.82, 2.24) is 9.55 Å². The Morgan fingerprint density at radius 3 is 2.67 bits per heavy atom. The molecule has 0 aliphatic rings. The van der Waals surface area contributed by atoms with Crippen molar-refractivity contribution in [3.05, 3.63) is 47.8 Å². The van der Waals surface area contributed by atoms with Gasteiger partial charge in [0.25, 0.3) is 0 Å². The van der Waals surface area contributed by atoms with Gasteiger partial charge in [-0.1, -0.05) is 6.07 Å². The quantitative estimate of drug-likeness (QED) is 0.779. The van der Waals surface area contributed by atoms with Gasteiger partial charge in [0.1, 0.15) is 0 Å². The summed E-state index contributed by atoms with van der Waals surface area (Å²) >= 11 is 4.11. The Hall–Kier alpha value is -1.36. The van der Waals surface area contributed by atoms with E-state index in [9.17, 15) is 8.78 Å². The van der Waals surface area contributed by atoms with Gasteiger partial charge in [-0.25, -0.2) is 13.8 Å². The van der Waals surface area contributed by atoms with Crippen molar-refractivity contribution >= 4 is 12.6 Å². The molecule has 0 aliphatic carbocycles. The predicted molar refractivity (Wildman–Crippen MR) is 54.9 cm³/mol. The molecule has 0 fully saturated rings. The van der Waals surface area contributed by atoms with E-state index in [1.807, 2.05) is 0 Å². The van der Waals surface area contributed by atoms with E-state index in [-0.39, 0.29) is 0 Å². The molecule has 1 heterocycles. The van der Waals surface area contributed by atoms with Crippen LogP contribution in [0, 0.1) is 11.6 Å². The number of rotatable bonds is 2. The van der Waals surface area contributed by atoms with Gasteiger partial charge in [0.05, 0.1) is 0 Å². The highest BCUT2D eigenvalue weighted by molar-refractivity contribution is 7.80. The molecule has 0 saturated carbocycles. The summed E-state index contributed by atoms with van der Waals surface area (Å²) in [5.41, 5.74) is 0.669. The van der Waals surface area contributed by atoms with E-state index in [1.165, 1.54) is 12.1 Å². The van der Waals surface area contributed by atoms with Crippen LogP contribution in [0.3, 0.4) is 0 Å². The lowest BCUT2D eigenvalue weighted by atomic mass is 10.2. The van der Waals surface area contributed by atoms with Gasteiger partial charge in [0.15, 0.2) is 16.8 Å². The summed E-state index contributed by atoms with van der Waals surface area (Å²) in [5, 5.41) is 0.541. The van der Waals surface area contributed by atoms with E-state index in [2.05, 4.69) is 17.6 Å². The molecule has 0 aliphatic heterocycles. The van der Waals surface area contributed by atoms with Crippen LogP contribution in [0.5, 0.6) is 0 Å². The Kier molecular flexibility index (Phi) is 2.73. The summed E-state index contributed by atoms with van der Waals surface area (Å²) in [6.45, 7) is 0.427. The zero-order valence-corrected chi connectivity index (χ0v) is 8.59. The lowest BCUT2D eigenvalue weighted by Gasteiger charge is -2.04. The molecule has 0 radical (unpaired) electrons. The van der Waals surface area contributed by atoms with Crippen LogP contribution in [0.15, 0.2) is 35.7 Å². The highest BCUT2D eigenvalue weighted by atomic mass is 32.1. The first-order valence-electron chi connectivity index (χ1n) is 4.31. The van der Waals surface area contributed by atoms with Gasteiger partial charge in [-0.05, 0) is 17.7 Å². The molecule has 2 aromatic rings. The van der Waals surface area contributed by atoms with Gasteiger partial charge in [0, 0.05) is 18.9 Å². The summed E-state index contributed by atoms with van der Waals surface area (Å²) in [6.07, 6.45) is 3.33. The third-order valence-corrected chi connectivity index (χ3v) is 2.40. The molecule has 0 N–H and O–H groups in total. The fraction of sp³-hybridized carbons (Fsp3) is 0.100. The molecule has 0 unspecified atom stereocenters. The van der Waals surface area contributed by atoms with Crippen molar-refractivity contribution in [1.29, 1.82) is 0 Å². The van der Waals surface area contributed by atoms with E-state index in [0.717, 1.165) is 6.07 Å². The fourth-order valence-electron chi connectivity index (χ4n) is 1.28. The Morgan fingerprint density at radius 1 is 1.27 bits per heavy atom. The maximum absolute atomic E-state index is 12.9. The summed E-state index contributed by atoms with van der Waals surface area (Å²) < 4.78 is 27.3. The SMILES string of the molecule is Fc1ccc(Cn2ccnc2S)cc1F. The van der Waals surface area contributed by atoms with Gasteiger partial charge in [0.2, 0.25) is 0 Å². The second-order valence-corrected chi connectivity index (χ2v) is 3.50. The molecule has 2 nitrogen and oxygen atoms in total. The van der Waals surface area contributed by atoms with E-state index in [1.54, 1.807) is 17.0 Å². The summed E-state index contributed by atoms with van der Waals surface area (Å²) in [7, 11) is 0. The summed E-state index contributed by atoms with van der Waals surface area (Å²) in [4.78, 5) is 3.91. The number of hydrogen-bond donors (Lipinski definition) is 1. The minimum Gasteiger partial charge on any atom is -0.322 e. The average molecular weight is 226 g/mol. The van der Waals surface area contributed by atoms with E-state index < -0.39 is 11.6 Å². The normalized spacial score (nSPS) is 10.6. The number of nitrogens with zero attached hydrogens (tertiary/aromatic N) is 2. The maximum atomic E-state index is 12.9. The number of imidazole rings is 1. The maximum Gasteiger partial charge on any atom is 0.165 e. The first-order chi connectivity index (χ1) is 7.16. The first kappa shape index (κ1) is 10.2. The highest BCUT2D eigenvalue weighted by Crippen LogP contribution is 2.12. The molecule has 78 valence electrons. The second-order valence-electron chi connectivity index (χ2n) is 3.10. The van der Waals surface area contributed by atoms with Crippen molar-refractivity contribution in [2.45, 2.75) is 11.7 Å². The standard InChI is InChI=1S/C10H8F2N2S/c11-8-2-1-7(5-9(8)12)6-14-4-3-13-10(14)15/h1-5H,6H2,(H,13,15). The molecule has 0 bridgehead atoms. The van der Waals surface area contributed by atoms with Crippen LogP contribution < -0.4 is 0 Å². The van der Waals surface area contributed by atoms with Gasteiger partial charge < -0.3 is 4.57 Å². The van der Waals surface area contributed by atoms with Crippen LogP contribution in [-0.2, 0) is 6.54 Å². The molecular formula is C10H8F2N2S. The largest absolute Gasteiger partial charge is 0.322 e. The van der Waals surface area contributed by atoms with E-state index >= 15 is 0 Å². The molecule has 1 aromatic carbocycles. The van der Waals surface area contributed by atoms with Gasteiger partial charge >= 0.3 is 0 Å². The van der Waals surface area contributed by atoms with Crippen LogP contribution >= 0.6 is 12.6 Å². The third-order valence-electron chi connectivity index (χ3n) is 2.03. The highest BCUT2D eigenvalue weighted by Gasteiger charge is 2.04. The molecule has 0 atom stereocenters. The zero-order valence-electron chi connectivity index (χ0n) is 7.69. The monoisotopic (exact) mass is 226 g/mol. The molecule has 0 spiro atoms. The van der Waals surface area contributed by atoms with Crippen LogP contribution in [0.2, 0.25) is 0 Å². The molecule has 2 rings (SSSR count). The Bertz CT molecular complexity index is 482.